The highest BCUT2D eigenvalue weighted by atomic mass is 35.5. The summed E-state index contributed by atoms with van der Waals surface area (Å²) in [6.07, 6.45) is 1.43. The third kappa shape index (κ3) is 4.36. The van der Waals surface area contributed by atoms with Gasteiger partial charge in [-0.3, -0.25) is 9.36 Å². The molecule has 7 heteroatoms. The zero-order valence-electron chi connectivity index (χ0n) is 13.0. The van der Waals surface area contributed by atoms with E-state index in [2.05, 4.69) is 5.32 Å². The molecule has 1 aromatic heterocycles. The molecule has 2 aromatic carbocycles. The molecule has 0 bridgehead atoms. The van der Waals surface area contributed by atoms with Crippen molar-refractivity contribution in [1.29, 1.82) is 0 Å². The Labute approximate surface area is 147 Å². The molecular formula is C18H14ClFN2O3. The number of benzene rings is 2. The van der Waals surface area contributed by atoms with Crippen molar-refractivity contribution in [3.05, 3.63) is 81.7 Å². The second kappa shape index (κ2) is 7.36. The second-order valence-electron chi connectivity index (χ2n) is 5.40. The minimum atomic E-state index is -0.655. The largest absolute Gasteiger partial charge is 0.419 e. The van der Waals surface area contributed by atoms with E-state index in [9.17, 15) is 14.0 Å². The molecule has 0 radical (unpaired) electrons. The minimum absolute atomic E-state index is 0.176. The van der Waals surface area contributed by atoms with Crippen molar-refractivity contribution in [3.63, 3.8) is 0 Å². The van der Waals surface area contributed by atoms with Crippen LogP contribution in [0.3, 0.4) is 0 Å². The lowest BCUT2D eigenvalue weighted by atomic mass is 10.2. The molecule has 1 heterocycles. The molecule has 25 heavy (non-hydrogen) atoms. The highest BCUT2D eigenvalue weighted by molar-refractivity contribution is 6.30. The lowest BCUT2D eigenvalue weighted by molar-refractivity contribution is -0.121. The van der Waals surface area contributed by atoms with Crippen LogP contribution in [-0.4, -0.2) is 10.5 Å². The molecule has 1 N–H and O–H groups in total. The van der Waals surface area contributed by atoms with Crippen LogP contribution in [0.15, 0.2) is 63.9 Å². The highest BCUT2D eigenvalue weighted by Crippen LogP contribution is 2.18. The molecule has 0 unspecified atom stereocenters. The van der Waals surface area contributed by atoms with Gasteiger partial charge in [0.25, 0.3) is 0 Å². The normalized spacial score (nSPS) is 10.6. The number of nitrogens with zero attached hydrogens (tertiary/aromatic N) is 1. The predicted octanol–water partition coefficient (Wildman–Crippen LogP) is 3.22. The summed E-state index contributed by atoms with van der Waals surface area (Å²) in [6, 6.07) is 12.7. The van der Waals surface area contributed by atoms with Crippen LogP contribution in [0.2, 0.25) is 5.02 Å². The number of carbonyl (C=O) groups is 1. The molecule has 0 saturated carbocycles. The van der Waals surface area contributed by atoms with Gasteiger partial charge in [-0.25, -0.2) is 9.18 Å². The van der Waals surface area contributed by atoms with Gasteiger partial charge in [-0.1, -0.05) is 23.7 Å². The van der Waals surface area contributed by atoms with E-state index < -0.39 is 5.76 Å². The van der Waals surface area contributed by atoms with E-state index in [1.54, 1.807) is 18.2 Å². The molecule has 3 rings (SSSR count). The van der Waals surface area contributed by atoms with Gasteiger partial charge < -0.3 is 9.73 Å². The van der Waals surface area contributed by atoms with Crippen molar-refractivity contribution in [2.75, 3.05) is 0 Å². The van der Waals surface area contributed by atoms with Crippen molar-refractivity contribution >= 4 is 17.5 Å². The maximum Gasteiger partial charge on any atom is 0.419 e. The summed E-state index contributed by atoms with van der Waals surface area (Å²) in [5.74, 6) is -1.11. The van der Waals surface area contributed by atoms with Gasteiger partial charge in [0.1, 0.15) is 12.4 Å². The first kappa shape index (κ1) is 17.0. The molecule has 0 aliphatic carbocycles. The zero-order chi connectivity index (χ0) is 17.8. The van der Waals surface area contributed by atoms with Crippen molar-refractivity contribution in [2.24, 2.45) is 0 Å². The average Bonchev–Trinajstić information content (AvgIpc) is 2.94. The van der Waals surface area contributed by atoms with E-state index >= 15 is 0 Å². The third-order valence-corrected chi connectivity index (χ3v) is 3.76. The average molecular weight is 361 g/mol. The number of amides is 1. The van der Waals surface area contributed by atoms with E-state index in [-0.39, 0.29) is 24.0 Å². The summed E-state index contributed by atoms with van der Waals surface area (Å²) >= 11 is 5.89. The lowest BCUT2D eigenvalue weighted by Gasteiger charge is -2.05. The van der Waals surface area contributed by atoms with Crippen molar-refractivity contribution in [2.45, 2.75) is 13.1 Å². The Balaban J connectivity index is 1.65. The monoisotopic (exact) mass is 360 g/mol. The maximum atomic E-state index is 12.9. The fourth-order valence-electron chi connectivity index (χ4n) is 2.29. The molecule has 0 aliphatic rings. The Morgan fingerprint density at radius 2 is 1.96 bits per heavy atom. The van der Waals surface area contributed by atoms with E-state index in [4.69, 9.17) is 16.0 Å². The number of hydrogen-bond acceptors (Lipinski definition) is 3. The van der Waals surface area contributed by atoms with Crippen LogP contribution < -0.4 is 11.1 Å². The maximum absolute atomic E-state index is 12.9. The summed E-state index contributed by atoms with van der Waals surface area (Å²) in [5, 5.41) is 3.29. The third-order valence-electron chi connectivity index (χ3n) is 3.53. The van der Waals surface area contributed by atoms with Crippen molar-refractivity contribution in [1.82, 2.24) is 9.88 Å². The van der Waals surface area contributed by atoms with Gasteiger partial charge in [0.05, 0.1) is 6.20 Å². The lowest BCUT2D eigenvalue weighted by Crippen LogP contribution is -2.30. The molecule has 5 nitrogen and oxygen atoms in total. The van der Waals surface area contributed by atoms with Crippen LogP contribution in [0.25, 0.3) is 11.3 Å². The number of aromatic nitrogens is 1. The molecule has 0 aliphatic heterocycles. The van der Waals surface area contributed by atoms with Crippen molar-refractivity contribution in [3.8, 4) is 11.3 Å². The Kier molecular flexibility index (Phi) is 5.00. The topological polar surface area (TPSA) is 64.2 Å². The van der Waals surface area contributed by atoms with Gasteiger partial charge in [-0.15, -0.1) is 0 Å². The van der Waals surface area contributed by atoms with E-state index in [1.165, 1.54) is 30.5 Å². The summed E-state index contributed by atoms with van der Waals surface area (Å²) in [4.78, 5) is 23.9. The predicted molar refractivity (Wildman–Crippen MR) is 91.7 cm³/mol. The van der Waals surface area contributed by atoms with E-state index in [0.717, 1.165) is 10.1 Å². The number of hydrogen-bond donors (Lipinski definition) is 1. The molecule has 0 fully saturated rings. The fraction of sp³-hybridized carbons (Fsp3) is 0.111. The number of carbonyl (C=O) groups excluding carboxylic acids is 1. The molecule has 0 spiro atoms. The van der Waals surface area contributed by atoms with Crippen LogP contribution in [0, 0.1) is 5.82 Å². The van der Waals surface area contributed by atoms with Crippen LogP contribution in [0.5, 0.6) is 0 Å². The molecule has 3 aromatic rings. The van der Waals surface area contributed by atoms with Crippen LogP contribution in [-0.2, 0) is 17.9 Å². The smallest absolute Gasteiger partial charge is 0.408 e. The number of nitrogens with one attached hydrogen (secondary N) is 1. The van der Waals surface area contributed by atoms with Gasteiger partial charge in [0.2, 0.25) is 5.91 Å². The zero-order valence-corrected chi connectivity index (χ0v) is 13.8. The summed E-state index contributed by atoms with van der Waals surface area (Å²) in [7, 11) is 0. The Hall–Kier alpha value is -2.86. The fourth-order valence-corrected chi connectivity index (χ4v) is 2.50. The van der Waals surface area contributed by atoms with Crippen molar-refractivity contribution < 1.29 is 13.6 Å². The Morgan fingerprint density at radius 3 is 2.68 bits per heavy atom. The second-order valence-corrected chi connectivity index (χ2v) is 5.84. The minimum Gasteiger partial charge on any atom is -0.408 e. The number of rotatable bonds is 5. The molecule has 0 saturated heterocycles. The number of halogens is 2. The van der Waals surface area contributed by atoms with Gasteiger partial charge in [0, 0.05) is 17.1 Å². The van der Waals surface area contributed by atoms with Crippen LogP contribution in [0.4, 0.5) is 4.39 Å². The first-order valence-electron chi connectivity index (χ1n) is 7.48. The van der Waals surface area contributed by atoms with Gasteiger partial charge in [-0.05, 0) is 42.0 Å². The standard InChI is InChI=1S/C18H14ClFN2O3/c19-14-3-1-2-12(8-14)9-21-17(23)11-22-10-16(25-18(22)24)13-4-6-15(20)7-5-13/h1-8,10H,9,11H2,(H,21,23). The van der Waals surface area contributed by atoms with E-state index in [1.807, 2.05) is 6.07 Å². The Bertz CT molecular complexity index is 947. The van der Waals surface area contributed by atoms with Crippen LogP contribution >= 0.6 is 11.6 Å². The first-order valence-corrected chi connectivity index (χ1v) is 7.86. The molecule has 1 amide bonds. The first-order chi connectivity index (χ1) is 12.0. The molecule has 0 atom stereocenters. The molecule has 128 valence electrons. The van der Waals surface area contributed by atoms with Crippen LogP contribution in [0.1, 0.15) is 5.56 Å². The quantitative estimate of drug-likeness (QED) is 0.759. The number of oxazole rings is 1. The highest BCUT2D eigenvalue weighted by Gasteiger charge is 2.11. The Morgan fingerprint density at radius 1 is 1.20 bits per heavy atom. The summed E-state index contributed by atoms with van der Waals surface area (Å²) in [6.45, 7) is 0.126. The van der Waals surface area contributed by atoms with Gasteiger partial charge in [0.15, 0.2) is 5.76 Å². The SMILES string of the molecule is O=C(Cn1cc(-c2ccc(F)cc2)oc1=O)NCc1cccc(Cl)c1. The van der Waals surface area contributed by atoms with Gasteiger partial charge >= 0.3 is 5.76 Å². The summed E-state index contributed by atoms with van der Waals surface area (Å²) < 4.78 is 19.2. The molecular weight excluding hydrogens is 347 g/mol. The van der Waals surface area contributed by atoms with E-state index in [0.29, 0.717) is 17.1 Å². The van der Waals surface area contributed by atoms with Gasteiger partial charge in [-0.2, -0.15) is 0 Å². The summed E-state index contributed by atoms with van der Waals surface area (Å²) in [5.41, 5.74) is 1.41.